The maximum Gasteiger partial charge on any atom is 0.342 e. The second-order valence-corrected chi connectivity index (χ2v) is 3.98. The lowest BCUT2D eigenvalue weighted by molar-refractivity contribution is 0.0694. The number of carbonyl (C=O) groups is 1. The summed E-state index contributed by atoms with van der Waals surface area (Å²) in [5.41, 5.74) is 1.10. The molecule has 1 aromatic carbocycles. The summed E-state index contributed by atoms with van der Waals surface area (Å²) in [4.78, 5) is 23.1. The minimum atomic E-state index is -1.24. The highest BCUT2D eigenvalue weighted by Crippen LogP contribution is 2.24. The van der Waals surface area contributed by atoms with E-state index in [4.69, 9.17) is 0 Å². The molecule has 5 heteroatoms. The van der Waals surface area contributed by atoms with E-state index in [9.17, 15) is 14.7 Å². The minimum Gasteiger partial charge on any atom is -0.477 e. The van der Waals surface area contributed by atoms with Crippen molar-refractivity contribution < 1.29 is 9.90 Å². The number of hydrogen-bond donors (Lipinski definition) is 1. The van der Waals surface area contributed by atoms with E-state index >= 15 is 0 Å². The van der Waals surface area contributed by atoms with E-state index in [1.807, 2.05) is 19.1 Å². The largest absolute Gasteiger partial charge is 0.477 e. The first kappa shape index (κ1) is 12.0. The number of aryl methyl sites for hydroxylation is 2. The molecule has 1 N–H and O–H groups in total. The van der Waals surface area contributed by atoms with Gasteiger partial charge in [0.15, 0.2) is 0 Å². The molecule has 0 radical (unpaired) electrons. The lowest BCUT2D eigenvalue weighted by Crippen LogP contribution is -2.27. The van der Waals surface area contributed by atoms with Crippen molar-refractivity contribution in [1.29, 1.82) is 0 Å². The number of benzene rings is 1. The second kappa shape index (κ2) is 4.44. The number of rotatable bonds is 2. The summed E-state index contributed by atoms with van der Waals surface area (Å²) < 4.78 is 1.02. The highest BCUT2D eigenvalue weighted by atomic mass is 16.4. The quantitative estimate of drug-likeness (QED) is 0.867. The Bertz CT molecular complexity index is 674. The number of carboxylic acid groups (broad SMARTS) is 1. The van der Waals surface area contributed by atoms with Gasteiger partial charge in [-0.2, -0.15) is 5.10 Å². The lowest BCUT2D eigenvalue weighted by Gasteiger charge is -2.09. The van der Waals surface area contributed by atoms with Crippen molar-refractivity contribution in [3.8, 4) is 11.1 Å². The third-order valence-corrected chi connectivity index (χ3v) is 2.79. The van der Waals surface area contributed by atoms with Crippen molar-refractivity contribution in [2.45, 2.75) is 6.92 Å². The van der Waals surface area contributed by atoms with Crippen LogP contribution in [0.1, 0.15) is 15.9 Å². The molecule has 2 aromatic rings. The predicted molar refractivity (Wildman–Crippen MR) is 66.6 cm³/mol. The first-order chi connectivity index (χ1) is 8.52. The molecule has 2 rings (SSSR count). The molecule has 0 unspecified atom stereocenters. The van der Waals surface area contributed by atoms with Crippen LogP contribution in [-0.2, 0) is 7.05 Å². The van der Waals surface area contributed by atoms with Crippen LogP contribution >= 0.6 is 0 Å². The summed E-state index contributed by atoms with van der Waals surface area (Å²) >= 11 is 0. The maximum atomic E-state index is 11.8. The summed E-state index contributed by atoms with van der Waals surface area (Å²) in [7, 11) is 1.43. The molecule has 18 heavy (non-hydrogen) atoms. The van der Waals surface area contributed by atoms with Crippen LogP contribution < -0.4 is 5.56 Å². The Morgan fingerprint density at radius 3 is 2.56 bits per heavy atom. The summed E-state index contributed by atoms with van der Waals surface area (Å²) in [5.74, 6) is -1.24. The van der Waals surface area contributed by atoms with E-state index in [-0.39, 0.29) is 5.56 Å². The van der Waals surface area contributed by atoms with Crippen molar-refractivity contribution >= 4 is 5.97 Å². The van der Waals surface area contributed by atoms with Crippen LogP contribution in [0.5, 0.6) is 0 Å². The van der Waals surface area contributed by atoms with Gasteiger partial charge < -0.3 is 5.11 Å². The van der Waals surface area contributed by atoms with Crippen LogP contribution in [0, 0.1) is 6.92 Å². The Kier molecular flexibility index (Phi) is 2.97. The van der Waals surface area contributed by atoms with Crippen LogP contribution in [0.4, 0.5) is 0 Å². The average Bonchev–Trinajstić information content (AvgIpc) is 2.33. The lowest BCUT2D eigenvalue weighted by atomic mass is 9.99. The van der Waals surface area contributed by atoms with Gasteiger partial charge in [-0.05, 0) is 18.1 Å². The first-order valence-corrected chi connectivity index (χ1v) is 5.38. The molecule has 0 aliphatic heterocycles. The zero-order chi connectivity index (χ0) is 13.3. The molecule has 0 saturated carbocycles. The van der Waals surface area contributed by atoms with Crippen molar-refractivity contribution in [1.82, 2.24) is 9.78 Å². The van der Waals surface area contributed by atoms with Gasteiger partial charge in [-0.3, -0.25) is 4.79 Å². The minimum absolute atomic E-state index is 0.248. The van der Waals surface area contributed by atoms with E-state index < -0.39 is 11.5 Å². The number of aromatic carboxylic acids is 1. The second-order valence-electron chi connectivity index (χ2n) is 3.98. The molecule has 0 saturated heterocycles. The van der Waals surface area contributed by atoms with E-state index in [0.29, 0.717) is 11.1 Å². The normalized spacial score (nSPS) is 10.3. The topological polar surface area (TPSA) is 72.2 Å². The van der Waals surface area contributed by atoms with E-state index in [0.717, 1.165) is 10.2 Å². The highest BCUT2D eigenvalue weighted by molar-refractivity contribution is 5.95. The molecule has 1 heterocycles. The predicted octanol–water partition coefficient (Wildman–Crippen LogP) is 1.45. The summed E-state index contributed by atoms with van der Waals surface area (Å²) in [6.45, 7) is 1.86. The monoisotopic (exact) mass is 244 g/mol. The number of nitrogens with zero attached hydrogens (tertiary/aromatic N) is 2. The van der Waals surface area contributed by atoms with Gasteiger partial charge in [0.25, 0.3) is 5.56 Å². The van der Waals surface area contributed by atoms with Crippen molar-refractivity contribution in [3.63, 3.8) is 0 Å². The summed E-state index contributed by atoms with van der Waals surface area (Å²) in [6.07, 6.45) is 1.41. The Hall–Kier alpha value is -2.43. The highest BCUT2D eigenvalue weighted by Gasteiger charge is 2.18. The van der Waals surface area contributed by atoms with Gasteiger partial charge >= 0.3 is 5.97 Å². The standard InChI is InChI=1S/C13H12N2O3/c1-8-5-3-4-6-9(8)10-7-14-15(2)12(16)11(10)13(17)18/h3-7H,1-2H3,(H,17,18). The van der Waals surface area contributed by atoms with Gasteiger partial charge in [0, 0.05) is 12.6 Å². The van der Waals surface area contributed by atoms with Gasteiger partial charge in [0.05, 0.1) is 6.20 Å². The number of hydrogen-bond acceptors (Lipinski definition) is 3. The Balaban J connectivity index is 2.81. The van der Waals surface area contributed by atoms with Crippen LogP contribution in [0.3, 0.4) is 0 Å². The fourth-order valence-corrected chi connectivity index (χ4v) is 1.82. The Morgan fingerprint density at radius 1 is 1.28 bits per heavy atom. The zero-order valence-electron chi connectivity index (χ0n) is 10.0. The van der Waals surface area contributed by atoms with Gasteiger partial charge in [0.2, 0.25) is 0 Å². The molecule has 0 bridgehead atoms. The Morgan fingerprint density at radius 2 is 1.94 bits per heavy atom. The molecule has 0 aliphatic carbocycles. The van der Waals surface area contributed by atoms with E-state index in [2.05, 4.69) is 5.10 Å². The van der Waals surface area contributed by atoms with Crippen molar-refractivity contribution in [2.24, 2.45) is 7.05 Å². The molecule has 1 aromatic heterocycles. The first-order valence-electron chi connectivity index (χ1n) is 5.38. The smallest absolute Gasteiger partial charge is 0.342 e. The average molecular weight is 244 g/mol. The van der Waals surface area contributed by atoms with Gasteiger partial charge in [-0.25, -0.2) is 9.48 Å². The molecule has 92 valence electrons. The summed E-state index contributed by atoms with van der Waals surface area (Å²) in [5, 5.41) is 13.1. The van der Waals surface area contributed by atoms with Crippen molar-refractivity contribution in [2.75, 3.05) is 0 Å². The van der Waals surface area contributed by atoms with Crippen LogP contribution in [0.15, 0.2) is 35.3 Å². The van der Waals surface area contributed by atoms with Crippen LogP contribution in [0.2, 0.25) is 0 Å². The zero-order valence-corrected chi connectivity index (χ0v) is 10.0. The molecule has 0 spiro atoms. The molecule has 0 atom stereocenters. The molecular weight excluding hydrogens is 232 g/mol. The van der Waals surface area contributed by atoms with Crippen LogP contribution in [-0.4, -0.2) is 20.9 Å². The Labute approximate surface area is 103 Å². The SMILES string of the molecule is Cc1ccccc1-c1cnn(C)c(=O)c1C(=O)O. The van der Waals surface area contributed by atoms with E-state index in [1.54, 1.807) is 12.1 Å². The van der Waals surface area contributed by atoms with Gasteiger partial charge in [-0.1, -0.05) is 24.3 Å². The third-order valence-electron chi connectivity index (χ3n) is 2.79. The molecule has 0 fully saturated rings. The molecule has 0 aliphatic rings. The molecule has 0 amide bonds. The fraction of sp³-hybridized carbons (Fsp3) is 0.154. The van der Waals surface area contributed by atoms with Gasteiger partial charge in [0.1, 0.15) is 5.56 Å². The summed E-state index contributed by atoms with van der Waals surface area (Å²) in [6, 6.07) is 7.29. The fourth-order valence-electron chi connectivity index (χ4n) is 1.82. The third kappa shape index (κ3) is 1.90. The van der Waals surface area contributed by atoms with E-state index in [1.165, 1.54) is 13.2 Å². The van der Waals surface area contributed by atoms with Crippen LogP contribution in [0.25, 0.3) is 11.1 Å². The number of carboxylic acids is 1. The number of aromatic nitrogens is 2. The molecule has 5 nitrogen and oxygen atoms in total. The maximum absolute atomic E-state index is 11.8. The molecular formula is C13H12N2O3. The van der Waals surface area contributed by atoms with Gasteiger partial charge in [-0.15, -0.1) is 0 Å². The van der Waals surface area contributed by atoms with Crippen molar-refractivity contribution in [3.05, 3.63) is 51.9 Å².